The number of hydrogen-bond donors (Lipinski definition) is 1. The van der Waals surface area contributed by atoms with Crippen molar-refractivity contribution in [3.8, 4) is 0 Å². The normalized spacial score (nSPS) is 28.6. The van der Waals surface area contributed by atoms with Gasteiger partial charge in [0.15, 0.2) is 0 Å². The number of hydrogen-bond acceptors (Lipinski definition) is 3. The Labute approximate surface area is 94.1 Å². The first kappa shape index (κ1) is 12.9. The highest BCUT2D eigenvalue weighted by molar-refractivity contribution is 4.77. The third-order valence-corrected chi connectivity index (χ3v) is 3.63. The molecule has 0 aliphatic carbocycles. The van der Waals surface area contributed by atoms with Gasteiger partial charge in [0, 0.05) is 19.6 Å². The minimum absolute atomic E-state index is 0.115. The van der Waals surface area contributed by atoms with Crippen molar-refractivity contribution < 1.29 is 5.11 Å². The van der Waals surface area contributed by atoms with Gasteiger partial charge in [0.1, 0.15) is 0 Å². The van der Waals surface area contributed by atoms with Gasteiger partial charge in [-0.1, -0.05) is 20.8 Å². The molecule has 1 aliphatic rings. The summed E-state index contributed by atoms with van der Waals surface area (Å²) in [7, 11) is 0. The van der Waals surface area contributed by atoms with Crippen LogP contribution in [0.2, 0.25) is 0 Å². The maximum absolute atomic E-state index is 9.77. The molecule has 1 fully saturated rings. The van der Waals surface area contributed by atoms with Gasteiger partial charge in [0.2, 0.25) is 0 Å². The van der Waals surface area contributed by atoms with Gasteiger partial charge < -0.3 is 10.0 Å². The van der Waals surface area contributed by atoms with Crippen LogP contribution in [0.15, 0.2) is 0 Å². The number of β-amino-alcohol motifs (C(OH)–C–C–N with tert-alkyl or cyclic N) is 1. The molecule has 1 rings (SSSR count). The van der Waals surface area contributed by atoms with Crippen LogP contribution < -0.4 is 0 Å². The first-order chi connectivity index (χ1) is 7.17. The van der Waals surface area contributed by atoms with E-state index >= 15 is 0 Å². The van der Waals surface area contributed by atoms with E-state index < -0.39 is 0 Å². The standard InChI is InChI=1S/C12H26N2O/c1-4-13(5-2)8-9-14-7-6-11(3)12(15)10-14/h11-12,15H,4-10H2,1-3H3/t11-,12-/m0/s1. The molecule has 15 heavy (non-hydrogen) atoms. The Morgan fingerprint density at radius 2 is 2.00 bits per heavy atom. The molecule has 1 heterocycles. The first-order valence-electron chi connectivity index (χ1n) is 6.30. The summed E-state index contributed by atoms with van der Waals surface area (Å²) in [5.41, 5.74) is 0. The molecule has 3 heteroatoms. The number of nitrogens with zero attached hydrogens (tertiary/aromatic N) is 2. The molecule has 2 atom stereocenters. The van der Waals surface area contributed by atoms with Crippen LogP contribution in [0.4, 0.5) is 0 Å². The quantitative estimate of drug-likeness (QED) is 0.740. The Morgan fingerprint density at radius 1 is 1.33 bits per heavy atom. The molecule has 0 aromatic heterocycles. The maximum Gasteiger partial charge on any atom is 0.0693 e. The zero-order chi connectivity index (χ0) is 11.3. The van der Waals surface area contributed by atoms with E-state index in [1.165, 1.54) is 0 Å². The van der Waals surface area contributed by atoms with Crippen LogP contribution >= 0.6 is 0 Å². The van der Waals surface area contributed by atoms with Crippen molar-refractivity contribution in [2.75, 3.05) is 39.3 Å². The molecule has 1 N–H and O–H groups in total. The molecular weight excluding hydrogens is 188 g/mol. The van der Waals surface area contributed by atoms with E-state index in [0.29, 0.717) is 5.92 Å². The van der Waals surface area contributed by atoms with E-state index in [4.69, 9.17) is 0 Å². The smallest absolute Gasteiger partial charge is 0.0693 e. The fourth-order valence-corrected chi connectivity index (χ4v) is 2.14. The van der Waals surface area contributed by atoms with E-state index in [9.17, 15) is 5.11 Å². The average Bonchev–Trinajstić information content (AvgIpc) is 2.24. The zero-order valence-electron chi connectivity index (χ0n) is 10.4. The summed E-state index contributed by atoms with van der Waals surface area (Å²) in [6, 6.07) is 0. The van der Waals surface area contributed by atoms with E-state index in [1.54, 1.807) is 0 Å². The summed E-state index contributed by atoms with van der Waals surface area (Å²) < 4.78 is 0. The Hall–Kier alpha value is -0.120. The molecule has 0 aromatic carbocycles. The van der Waals surface area contributed by atoms with Crippen LogP contribution in [0.5, 0.6) is 0 Å². The highest BCUT2D eigenvalue weighted by atomic mass is 16.3. The van der Waals surface area contributed by atoms with Crippen LogP contribution in [0.3, 0.4) is 0 Å². The average molecular weight is 214 g/mol. The third kappa shape index (κ3) is 4.09. The van der Waals surface area contributed by atoms with Crippen LogP contribution in [0.1, 0.15) is 27.2 Å². The molecule has 0 amide bonds. The van der Waals surface area contributed by atoms with E-state index in [0.717, 1.165) is 45.7 Å². The van der Waals surface area contributed by atoms with Crippen molar-refractivity contribution >= 4 is 0 Å². The third-order valence-electron chi connectivity index (χ3n) is 3.63. The first-order valence-corrected chi connectivity index (χ1v) is 6.30. The SMILES string of the molecule is CCN(CC)CCN1CC[C@H](C)[C@@H](O)C1. The van der Waals surface area contributed by atoms with Crippen LogP contribution in [-0.2, 0) is 0 Å². The lowest BCUT2D eigenvalue weighted by Gasteiger charge is -2.35. The molecule has 0 unspecified atom stereocenters. The zero-order valence-corrected chi connectivity index (χ0v) is 10.4. The lowest BCUT2D eigenvalue weighted by atomic mass is 9.96. The Bertz CT molecular complexity index is 171. The lowest BCUT2D eigenvalue weighted by molar-refractivity contribution is 0.0258. The highest BCUT2D eigenvalue weighted by Gasteiger charge is 2.23. The molecule has 0 spiro atoms. The van der Waals surface area contributed by atoms with Crippen molar-refractivity contribution in [2.24, 2.45) is 5.92 Å². The lowest BCUT2D eigenvalue weighted by Crippen LogP contribution is -2.45. The Balaban J connectivity index is 2.22. The number of rotatable bonds is 5. The van der Waals surface area contributed by atoms with E-state index in [1.807, 2.05) is 0 Å². The van der Waals surface area contributed by atoms with Gasteiger partial charge in [-0.15, -0.1) is 0 Å². The predicted molar refractivity (Wildman–Crippen MR) is 64.0 cm³/mol. The highest BCUT2D eigenvalue weighted by Crippen LogP contribution is 2.16. The molecule has 3 nitrogen and oxygen atoms in total. The Morgan fingerprint density at radius 3 is 2.53 bits per heavy atom. The molecule has 0 aromatic rings. The molecule has 0 saturated carbocycles. The van der Waals surface area contributed by atoms with Gasteiger partial charge in [-0.05, 0) is 32.0 Å². The van der Waals surface area contributed by atoms with Crippen molar-refractivity contribution in [1.82, 2.24) is 9.80 Å². The molecule has 1 saturated heterocycles. The molecule has 0 bridgehead atoms. The number of aliphatic hydroxyl groups excluding tert-OH is 1. The maximum atomic E-state index is 9.77. The second-order valence-corrected chi connectivity index (χ2v) is 4.66. The molecule has 1 aliphatic heterocycles. The van der Waals surface area contributed by atoms with Gasteiger partial charge in [0.25, 0.3) is 0 Å². The number of aliphatic hydroxyl groups is 1. The second-order valence-electron chi connectivity index (χ2n) is 4.66. The van der Waals surface area contributed by atoms with Gasteiger partial charge in [0.05, 0.1) is 6.10 Å². The predicted octanol–water partition coefficient (Wildman–Crippen LogP) is 1.03. The van der Waals surface area contributed by atoms with E-state index in [-0.39, 0.29) is 6.10 Å². The summed E-state index contributed by atoms with van der Waals surface area (Å²) in [6.45, 7) is 13.1. The summed E-state index contributed by atoms with van der Waals surface area (Å²) in [5, 5.41) is 9.77. The van der Waals surface area contributed by atoms with Crippen LogP contribution in [0, 0.1) is 5.92 Å². The number of likely N-dealkylation sites (N-methyl/N-ethyl adjacent to an activating group) is 1. The van der Waals surface area contributed by atoms with Crippen molar-refractivity contribution in [3.05, 3.63) is 0 Å². The van der Waals surface area contributed by atoms with Gasteiger partial charge in [-0.25, -0.2) is 0 Å². The van der Waals surface area contributed by atoms with Crippen molar-refractivity contribution in [2.45, 2.75) is 33.3 Å². The summed E-state index contributed by atoms with van der Waals surface area (Å²) in [5.74, 6) is 0.481. The minimum atomic E-state index is -0.115. The van der Waals surface area contributed by atoms with E-state index in [2.05, 4.69) is 30.6 Å². The Kier molecular flexibility index (Phi) is 5.58. The van der Waals surface area contributed by atoms with Gasteiger partial charge in [-0.3, -0.25) is 4.90 Å². The summed E-state index contributed by atoms with van der Waals surface area (Å²) in [4.78, 5) is 4.83. The van der Waals surface area contributed by atoms with Crippen LogP contribution in [-0.4, -0.2) is 60.3 Å². The monoisotopic (exact) mass is 214 g/mol. The largest absolute Gasteiger partial charge is 0.392 e. The second kappa shape index (κ2) is 6.46. The summed E-state index contributed by atoms with van der Waals surface area (Å²) in [6.07, 6.45) is 1.02. The van der Waals surface area contributed by atoms with Crippen LogP contribution in [0.25, 0.3) is 0 Å². The van der Waals surface area contributed by atoms with Crippen molar-refractivity contribution in [3.63, 3.8) is 0 Å². The van der Waals surface area contributed by atoms with Gasteiger partial charge >= 0.3 is 0 Å². The molecule has 90 valence electrons. The fraction of sp³-hybridized carbons (Fsp3) is 1.00. The minimum Gasteiger partial charge on any atom is -0.392 e. The van der Waals surface area contributed by atoms with Crippen molar-refractivity contribution in [1.29, 1.82) is 0 Å². The fourth-order valence-electron chi connectivity index (χ4n) is 2.14. The topological polar surface area (TPSA) is 26.7 Å². The summed E-state index contributed by atoms with van der Waals surface area (Å²) >= 11 is 0. The molecule has 0 radical (unpaired) electrons. The van der Waals surface area contributed by atoms with Gasteiger partial charge in [-0.2, -0.15) is 0 Å². The number of likely N-dealkylation sites (tertiary alicyclic amines) is 1. The number of piperidine rings is 1. The molecular formula is C12H26N2O.